The number of aliphatic hydroxyl groups is 3. The fraction of sp³-hybridized carbons (Fsp3) is 0.812. The van der Waals surface area contributed by atoms with Gasteiger partial charge in [0.05, 0.1) is 19.3 Å². The van der Waals surface area contributed by atoms with Crippen LogP contribution in [0.15, 0.2) is 12.2 Å². The Morgan fingerprint density at radius 1 is 1.33 bits per heavy atom. The first kappa shape index (κ1) is 16.5. The minimum absolute atomic E-state index is 0.0124. The molecule has 0 radical (unpaired) electrons. The molecule has 0 aromatic heterocycles. The van der Waals surface area contributed by atoms with Crippen molar-refractivity contribution in [1.29, 1.82) is 0 Å². The normalized spacial score (nSPS) is 43.0. The molecule has 0 saturated heterocycles. The van der Waals surface area contributed by atoms with E-state index in [2.05, 4.69) is 6.58 Å². The highest BCUT2D eigenvalue weighted by Gasteiger charge is 2.55. The summed E-state index contributed by atoms with van der Waals surface area (Å²) >= 11 is 0. The smallest absolute Gasteiger partial charge is 0.333 e. The van der Waals surface area contributed by atoms with E-state index in [4.69, 9.17) is 4.74 Å². The first-order valence-electron chi connectivity index (χ1n) is 7.61. The molecule has 0 bridgehead atoms. The van der Waals surface area contributed by atoms with E-state index in [0.717, 1.165) is 0 Å². The maximum atomic E-state index is 11.7. The molecule has 2 aliphatic carbocycles. The van der Waals surface area contributed by atoms with Gasteiger partial charge in [-0.3, -0.25) is 0 Å². The Morgan fingerprint density at radius 3 is 2.57 bits per heavy atom. The van der Waals surface area contributed by atoms with Crippen molar-refractivity contribution in [2.24, 2.45) is 23.2 Å². The average Bonchev–Trinajstić information content (AvgIpc) is 2.48. The van der Waals surface area contributed by atoms with E-state index in [9.17, 15) is 20.1 Å². The predicted molar refractivity (Wildman–Crippen MR) is 77.3 cm³/mol. The van der Waals surface area contributed by atoms with E-state index in [1.54, 1.807) is 0 Å². The molecule has 120 valence electrons. The summed E-state index contributed by atoms with van der Waals surface area (Å²) in [6.07, 6.45) is 1.36. The van der Waals surface area contributed by atoms with Crippen molar-refractivity contribution in [3.8, 4) is 0 Å². The molecular weight excluding hydrogens is 272 g/mol. The lowest BCUT2D eigenvalue weighted by Crippen LogP contribution is -2.57. The molecule has 2 rings (SSSR count). The molecule has 0 amide bonds. The lowest BCUT2D eigenvalue weighted by Gasteiger charge is -2.55. The second-order valence-corrected chi connectivity index (χ2v) is 6.72. The summed E-state index contributed by atoms with van der Waals surface area (Å²) in [6.45, 7) is 5.73. The van der Waals surface area contributed by atoms with Gasteiger partial charge in [-0.05, 0) is 42.9 Å². The Morgan fingerprint density at radius 2 is 2.00 bits per heavy atom. The van der Waals surface area contributed by atoms with Gasteiger partial charge < -0.3 is 20.1 Å². The third kappa shape index (κ3) is 2.62. The second-order valence-electron chi connectivity index (χ2n) is 6.72. The highest BCUT2D eigenvalue weighted by molar-refractivity contribution is 5.88. The highest BCUT2D eigenvalue weighted by Crippen LogP contribution is 2.54. The quantitative estimate of drug-likeness (QED) is 0.532. The molecule has 0 aromatic rings. The fourth-order valence-corrected chi connectivity index (χ4v) is 4.40. The number of hydrogen-bond acceptors (Lipinski definition) is 5. The van der Waals surface area contributed by atoms with Crippen LogP contribution in [0, 0.1) is 23.2 Å². The molecule has 5 nitrogen and oxygen atoms in total. The van der Waals surface area contributed by atoms with Crippen molar-refractivity contribution < 1.29 is 24.9 Å². The van der Waals surface area contributed by atoms with Crippen LogP contribution in [-0.2, 0) is 9.53 Å². The molecule has 5 heteroatoms. The summed E-state index contributed by atoms with van der Waals surface area (Å²) in [7, 11) is 1.30. The number of carbonyl (C=O) groups excluding carboxylic acids is 1. The number of hydrogen-bond donors (Lipinski definition) is 3. The second kappa shape index (κ2) is 6.07. The third-order valence-electron chi connectivity index (χ3n) is 5.75. The Hall–Kier alpha value is -0.910. The number of fused-ring (bicyclic) bond motifs is 1. The van der Waals surface area contributed by atoms with Gasteiger partial charge in [-0.25, -0.2) is 4.79 Å². The summed E-state index contributed by atoms with van der Waals surface area (Å²) in [5.74, 6) is -1.15. The molecule has 0 spiro atoms. The fourth-order valence-electron chi connectivity index (χ4n) is 4.40. The zero-order valence-electron chi connectivity index (χ0n) is 12.8. The van der Waals surface area contributed by atoms with Gasteiger partial charge in [-0.15, -0.1) is 0 Å². The first-order chi connectivity index (χ1) is 9.86. The van der Waals surface area contributed by atoms with Crippen LogP contribution in [0.25, 0.3) is 0 Å². The van der Waals surface area contributed by atoms with Crippen molar-refractivity contribution >= 4 is 5.97 Å². The van der Waals surface area contributed by atoms with Gasteiger partial charge in [0, 0.05) is 18.1 Å². The largest absolute Gasteiger partial charge is 0.466 e. The maximum absolute atomic E-state index is 11.7. The average molecular weight is 298 g/mol. The van der Waals surface area contributed by atoms with Crippen molar-refractivity contribution in [1.82, 2.24) is 0 Å². The number of esters is 1. The summed E-state index contributed by atoms with van der Waals surface area (Å²) in [5, 5.41) is 30.8. The van der Waals surface area contributed by atoms with Crippen LogP contribution in [0.3, 0.4) is 0 Å². The Kier molecular flexibility index (Phi) is 4.76. The molecule has 0 aliphatic heterocycles. The zero-order valence-corrected chi connectivity index (χ0v) is 12.8. The van der Waals surface area contributed by atoms with E-state index in [1.165, 1.54) is 7.11 Å². The van der Waals surface area contributed by atoms with Gasteiger partial charge in [0.1, 0.15) is 0 Å². The van der Waals surface area contributed by atoms with Gasteiger partial charge in [-0.1, -0.05) is 13.5 Å². The van der Waals surface area contributed by atoms with Crippen LogP contribution in [0.1, 0.15) is 32.6 Å². The summed E-state index contributed by atoms with van der Waals surface area (Å²) in [4.78, 5) is 11.7. The molecule has 0 aromatic carbocycles. The van der Waals surface area contributed by atoms with Gasteiger partial charge in [0.2, 0.25) is 0 Å². The Bertz CT molecular complexity index is 421. The monoisotopic (exact) mass is 298 g/mol. The van der Waals surface area contributed by atoms with Crippen LogP contribution in [0.4, 0.5) is 0 Å². The van der Waals surface area contributed by atoms with Gasteiger partial charge >= 0.3 is 5.97 Å². The number of ether oxygens (including phenoxy) is 1. The van der Waals surface area contributed by atoms with Crippen LogP contribution >= 0.6 is 0 Å². The number of rotatable bonds is 3. The van der Waals surface area contributed by atoms with E-state index >= 15 is 0 Å². The topological polar surface area (TPSA) is 87.0 Å². The SMILES string of the molecule is C=C(C(=O)OC)C1CCC2(C)C(O)CCC(CO)C2C1O. The number of carbonyl (C=O) groups is 1. The minimum atomic E-state index is -0.789. The lowest BCUT2D eigenvalue weighted by atomic mass is 9.52. The van der Waals surface area contributed by atoms with Gasteiger partial charge in [0.25, 0.3) is 0 Å². The molecule has 2 aliphatic rings. The predicted octanol–water partition coefficient (Wildman–Crippen LogP) is 0.872. The molecule has 6 unspecified atom stereocenters. The Labute approximate surface area is 125 Å². The van der Waals surface area contributed by atoms with Crippen LogP contribution in [0.5, 0.6) is 0 Å². The standard InChI is InChI=1S/C16H26O5/c1-9(15(20)21-3)11-6-7-16(2)12(18)5-4-10(8-17)13(16)14(11)19/h10-14,17-19H,1,4-8H2,2-3H3. The summed E-state index contributed by atoms with van der Waals surface area (Å²) in [6, 6.07) is 0. The molecule has 0 heterocycles. The van der Waals surface area contributed by atoms with E-state index in [-0.39, 0.29) is 29.9 Å². The third-order valence-corrected chi connectivity index (χ3v) is 5.75. The van der Waals surface area contributed by atoms with Crippen LogP contribution in [-0.4, -0.2) is 47.2 Å². The minimum Gasteiger partial charge on any atom is -0.466 e. The van der Waals surface area contributed by atoms with Gasteiger partial charge in [-0.2, -0.15) is 0 Å². The molecule has 2 fully saturated rings. The van der Waals surface area contributed by atoms with E-state index in [0.29, 0.717) is 25.7 Å². The number of methoxy groups -OCH3 is 1. The van der Waals surface area contributed by atoms with Crippen molar-refractivity contribution in [3.05, 3.63) is 12.2 Å². The molecule has 3 N–H and O–H groups in total. The molecular formula is C16H26O5. The Balaban J connectivity index is 2.28. The van der Waals surface area contributed by atoms with E-state index in [1.807, 2.05) is 6.92 Å². The van der Waals surface area contributed by atoms with E-state index < -0.39 is 23.6 Å². The summed E-state index contributed by atoms with van der Waals surface area (Å²) in [5.41, 5.74) is -0.137. The summed E-state index contributed by atoms with van der Waals surface area (Å²) < 4.78 is 4.70. The van der Waals surface area contributed by atoms with Crippen molar-refractivity contribution in [3.63, 3.8) is 0 Å². The lowest BCUT2D eigenvalue weighted by molar-refractivity contribution is -0.163. The molecule has 21 heavy (non-hydrogen) atoms. The van der Waals surface area contributed by atoms with Crippen molar-refractivity contribution in [2.75, 3.05) is 13.7 Å². The number of aliphatic hydroxyl groups excluding tert-OH is 3. The van der Waals surface area contributed by atoms with Crippen molar-refractivity contribution in [2.45, 2.75) is 44.8 Å². The maximum Gasteiger partial charge on any atom is 0.333 e. The highest BCUT2D eigenvalue weighted by atomic mass is 16.5. The molecule has 6 atom stereocenters. The molecule has 2 saturated carbocycles. The van der Waals surface area contributed by atoms with Gasteiger partial charge in [0.15, 0.2) is 0 Å². The van der Waals surface area contributed by atoms with Crippen LogP contribution < -0.4 is 0 Å². The van der Waals surface area contributed by atoms with Crippen LogP contribution in [0.2, 0.25) is 0 Å². The first-order valence-corrected chi connectivity index (χ1v) is 7.61. The zero-order chi connectivity index (χ0) is 15.8.